The molecule has 3 aromatic carbocycles. The molecule has 0 aliphatic heterocycles. The summed E-state index contributed by atoms with van der Waals surface area (Å²) in [4.78, 5) is 17.4. The van der Waals surface area contributed by atoms with Gasteiger partial charge in [0.15, 0.2) is 10.7 Å². The third kappa shape index (κ3) is 5.59. The number of fused-ring (bicyclic) bond motifs is 1. The number of ether oxygens (including phenoxy) is 1. The minimum absolute atomic E-state index is 0.0982. The van der Waals surface area contributed by atoms with E-state index in [1.54, 1.807) is 0 Å². The van der Waals surface area contributed by atoms with E-state index >= 15 is 0 Å². The van der Waals surface area contributed by atoms with E-state index in [0.29, 0.717) is 22.5 Å². The largest absolute Gasteiger partial charge is 0.494 e. The molecule has 0 radical (unpaired) electrons. The molecule has 2 N–H and O–H groups in total. The van der Waals surface area contributed by atoms with Crippen molar-refractivity contribution in [1.82, 2.24) is 10.3 Å². The predicted octanol–water partition coefficient (Wildman–Crippen LogP) is 7.45. The molecule has 0 aliphatic carbocycles. The van der Waals surface area contributed by atoms with E-state index in [4.69, 9.17) is 44.6 Å². The minimum atomic E-state index is -0.504. The van der Waals surface area contributed by atoms with Gasteiger partial charge in [0, 0.05) is 16.3 Å². The van der Waals surface area contributed by atoms with Crippen molar-refractivity contribution in [3.63, 3.8) is 0 Å². The van der Waals surface area contributed by atoms with E-state index in [1.165, 1.54) is 24.8 Å². The van der Waals surface area contributed by atoms with Crippen LogP contribution in [0, 0.1) is 0 Å². The fourth-order valence-electron chi connectivity index (χ4n) is 3.61. The molecular weight excluding hydrogens is 505 g/mol. The molecule has 1 heterocycles. The summed E-state index contributed by atoms with van der Waals surface area (Å²) in [5, 5.41) is 6.26. The van der Waals surface area contributed by atoms with Gasteiger partial charge in [-0.3, -0.25) is 10.1 Å². The van der Waals surface area contributed by atoms with Crippen LogP contribution in [-0.4, -0.2) is 23.1 Å². The van der Waals surface area contributed by atoms with E-state index in [9.17, 15) is 4.79 Å². The highest BCUT2D eigenvalue weighted by atomic mass is 35.5. The monoisotopic (exact) mass is 527 g/mol. The van der Waals surface area contributed by atoms with Crippen molar-refractivity contribution < 1.29 is 13.9 Å². The predicted molar refractivity (Wildman–Crippen MR) is 145 cm³/mol. The number of halogens is 2. The molecule has 1 aromatic heterocycles. The molecule has 6 nitrogen and oxygen atoms in total. The molecule has 1 unspecified atom stereocenters. The molecule has 0 saturated heterocycles. The summed E-state index contributed by atoms with van der Waals surface area (Å²) in [6, 6.07) is 16.5. The van der Waals surface area contributed by atoms with Crippen molar-refractivity contribution in [3.8, 4) is 17.2 Å². The maximum absolute atomic E-state index is 12.8. The minimum Gasteiger partial charge on any atom is -0.494 e. The first-order chi connectivity index (χ1) is 16.8. The molecule has 0 aliphatic rings. The summed E-state index contributed by atoms with van der Waals surface area (Å²) in [6.45, 7) is 4.35. The zero-order valence-corrected chi connectivity index (χ0v) is 21.6. The summed E-state index contributed by atoms with van der Waals surface area (Å²) < 4.78 is 11.2. The van der Waals surface area contributed by atoms with E-state index in [-0.39, 0.29) is 21.4 Å². The number of nitrogens with zero attached hydrogens (tertiary/aromatic N) is 1. The molecule has 1 atom stereocenters. The van der Waals surface area contributed by atoms with Crippen LogP contribution in [0.4, 0.5) is 5.69 Å². The van der Waals surface area contributed by atoms with Crippen molar-refractivity contribution in [2.45, 2.75) is 26.2 Å². The Morgan fingerprint density at radius 2 is 1.97 bits per heavy atom. The molecular formula is C26H23Cl2N3O3S. The number of oxazole rings is 1. The van der Waals surface area contributed by atoms with Crippen molar-refractivity contribution in [1.29, 1.82) is 0 Å². The average Bonchev–Trinajstić information content (AvgIpc) is 3.26. The molecule has 0 spiro atoms. The van der Waals surface area contributed by atoms with Crippen LogP contribution in [0.1, 0.15) is 42.1 Å². The van der Waals surface area contributed by atoms with Crippen LogP contribution in [-0.2, 0) is 0 Å². The summed E-state index contributed by atoms with van der Waals surface area (Å²) in [6.07, 6.45) is 1.05. The number of methoxy groups -OCH3 is 1. The SMILES string of the molecule is CCC(C)c1ccc2oc(-c3cccc(NC(=S)NC(=O)c4cc(Cl)cc(Cl)c4OC)c3)nc2c1. The first kappa shape index (κ1) is 25.0. The quantitative estimate of drug-likeness (QED) is 0.253. The number of carbonyl (C=O) groups is 1. The zero-order chi connectivity index (χ0) is 25.1. The number of rotatable bonds is 6. The van der Waals surface area contributed by atoms with Gasteiger partial charge in [-0.05, 0) is 72.6 Å². The number of hydrogen-bond acceptors (Lipinski definition) is 5. The van der Waals surface area contributed by atoms with Gasteiger partial charge in [-0.1, -0.05) is 49.2 Å². The zero-order valence-electron chi connectivity index (χ0n) is 19.3. The fraction of sp³-hybridized carbons (Fsp3) is 0.192. The molecule has 1 amide bonds. The van der Waals surface area contributed by atoms with Gasteiger partial charge in [-0.2, -0.15) is 0 Å². The molecule has 35 heavy (non-hydrogen) atoms. The summed E-state index contributed by atoms with van der Waals surface area (Å²) in [5.41, 5.74) is 4.37. The summed E-state index contributed by atoms with van der Waals surface area (Å²) >= 11 is 17.5. The molecule has 0 bridgehead atoms. The Kier molecular flexibility index (Phi) is 7.60. The summed E-state index contributed by atoms with van der Waals surface area (Å²) in [5.74, 6) is 0.659. The molecule has 9 heteroatoms. The van der Waals surface area contributed by atoms with Crippen LogP contribution >= 0.6 is 35.4 Å². The smallest absolute Gasteiger partial charge is 0.261 e. The van der Waals surface area contributed by atoms with Crippen molar-refractivity contribution in [2.75, 3.05) is 12.4 Å². The lowest BCUT2D eigenvalue weighted by Gasteiger charge is -2.13. The van der Waals surface area contributed by atoms with Gasteiger partial charge in [0.25, 0.3) is 5.91 Å². The third-order valence-corrected chi connectivity index (χ3v) is 6.35. The van der Waals surface area contributed by atoms with Crippen molar-refractivity contribution in [2.24, 2.45) is 0 Å². The van der Waals surface area contributed by atoms with E-state index in [0.717, 1.165) is 23.1 Å². The Morgan fingerprint density at radius 3 is 2.71 bits per heavy atom. The van der Waals surface area contributed by atoms with Gasteiger partial charge in [-0.25, -0.2) is 4.98 Å². The Balaban J connectivity index is 1.51. The van der Waals surface area contributed by atoms with Crippen LogP contribution < -0.4 is 15.4 Å². The number of nitrogens with one attached hydrogen (secondary N) is 2. The summed E-state index contributed by atoms with van der Waals surface area (Å²) in [7, 11) is 1.42. The molecule has 0 saturated carbocycles. The van der Waals surface area contributed by atoms with Gasteiger partial charge in [0.1, 0.15) is 11.3 Å². The van der Waals surface area contributed by atoms with E-state index in [1.807, 2.05) is 30.3 Å². The Hall–Kier alpha value is -3.13. The van der Waals surface area contributed by atoms with Gasteiger partial charge in [-0.15, -0.1) is 0 Å². The lowest BCUT2D eigenvalue weighted by atomic mass is 9.98. The standard InChI is InChI=1S/C26H23Cl2N3O3S/c1-4-14(2)15-8-9-22-21(11-15)30-25(34-22)16-6-5-7-18(10-16)29-26(35)31-24(32)19-12-17(27)13-20(28)23(19)33-3/h5-14H,4H2,1-3H3,(H2,29,31,32,35). The molecule has 4 aromatic rings. The first-order valence-corrected chi connectivity index (χ1v) is 12.1. The Labute approximate surface area is 218 Å². The second-order valence-electron chi connectivity index (χ2n) is 8.01. The number of thiocarbonyl (C=S) groups is 1. The lowest BCUT2D eigenvalue weighted by molar-refractivity contribution is 0.0974. The third-order valence-electron chi connectivity index (χ3n) is 5.64. The Bertz CT molecular complexity index is 1420. The molecule has 180 valence electrons. The van der Waals surface area contributed by atoms with E-state index < -0.39 is 5.91 Å². The average molecular weight is 528 g/mol. The second-order valence-corrected chi connectivity index (χ2v) is 9.26. The maximum atomic E-state index is 12.8. The van der Waals surface area contributed by atoms with Crippen LogP contribution in [0.15, 0.2) is 59.0 Å². The molecule has 0 fully saturated rings. The lowest BCUT2D eigenvalue weighted by Crippen LogP contribution is -2.34. The topological polar surface area (TPSA) is 76.4 Å². The van der Waals surface area contributed by atoms with Gasteiger partial charge >= 0.3 is 0 Å². The Morgan fingerprint density at radius 1 is 1.17 bits per heavy atom. The van der Waals surface area contributed by atoms with Gasteiger partial charge in [0.05, 0.1) is 17.7 Å². The van der Waals surface area contributed by atoms with Crippen LogP contribution in [0.2, 0.25) is 10.0 Å². The number of aromatic nitrogens is 1. The number of carbonyl (C=O) groups excluding carboxylic acids is 1. The second kappa shape index (κ2) is 10.6. The van der Waals surface area contributed by atoms with Gasteiger partial charge < -0.3 is 14.5 Å². The van der Waals surface area contributed by atoms with Crippen molar-refractivity contribution in [3.05, 3.63) is 75.8 Å². The highest BCUT2D eigenvalue weighted by molar-refractivity contribution is 7.80. The number of hydrogen-bond donors (Lipinski definition) is 2. The highest BCUT2D eigenvalue weighted by Crippen LogP contribution is 2.32. The van der Waals surface area contributed by atoms with Crippen molar-refractivity contribution >= 4 is 63.2 Å². The number of anilines is 1. The maximum Gasteiger partial charge on any atom is 0.261 e. The normalized spacial score (nSPS) is 11.8. The van der Waals surface area contributed by atoms with Crippen LogP contribution in [0.3, 0.4) is 0 Å². The first-order valence-electron chi connectivity index (χ1n) is 10.9. The van der Waals surface area contributed by atoms with Gasteiger partial charge in [0.2, 0.25) is 5.89 Å². The van der Waals surface area contributed by atoms with Crippen LogP contribution in [0.5, 0.6) is 5.75 Å². The molecule has 4 rings (SSSR count). The number of amides is 1. The highest BCUT2D eigenvalue weighted by Gasteiger charge is 2.18. The van der Waals surface area contributed by atoms with E-state index in [2.05, 4.69) is 41.6 Å². The number of benzene rings is 3. The fourth-order valence-corrected chi connectivity index (χ4v) is 4.39. The van der Waals surface area contributed by atoms with Crippen LogP contribution in [0.25, 0.3) is 22.6 Å².